The maximum atomic E-state index is 13.6. The van der Waals surface area contributed by atoms with Gasteiger partial charge in [0.15, 0.2) is 0 Å². The van der Waals surface area contributed by atoms with E-state index in [1.807, 2.05) is 0 Å². The molecule has 0 unspecified atom stereocenters. The van der Waals surface area contributed by atoms with Gasteiger partial charge in [-0.25, -0.2) is 0 Å². The van der Waals surface area contributed by atoms with Crippen molar-refractivity contribution in [3.05, 3.63) is 45.2 Å². The fourth-order valence-corrected chi connectivity index (χ4v) is 5.81. The summed E-state index contributed by atoms with van der Waals surface area (Å²) in [6.45, 7) is 7.28. The van der Waals surface area contributed by atoms with Crippen LogP contribution in [0.25, 0.3) is 10.9 Å². The molecule has 0 atom stereocenters. The zero-order valence-corrected chi connectivity index (χ0v) is 18.5. The molecule has 1 aromatic heterocycles. The molecule has 4 heteroatoms. The molecule has 0 radical (unpaired) electrons. The lowest BCUT2D eigenvalue weighted by molar-refractivity contribution is 0.220. The molecule has 3 heterocycles. The fraction of sp³-hybridized carbons (Fsp3) is 0.654. The van der Waals surface area contributed by atoms with Crippen LogP contribution in [0.1, 0.15) is 68.1 Å². The molecule has 2 aliphatic heterocycles. The Hall–Kier alpha value is -1.65. The average Bonchev–Trinajstić information content (AvgIpc) is 3.07. The van der Waals surface area contributed by atoms with Gasteiger partial charge in [-0.15, -0.1) is 0 Å². The van der Waals surface area contributed by atoms with E-state index in [0.29, 0.717) is 0 Å². The van der Waals surface area contributed by atoms with Crippen LogP contribution in [-0.4, -0.2) is 47.1 Å². The van der Waals surface area contributed by atoms with E-state index >= 15 is 0 Å². The number of fused-ring (bicyclic) bond motifs is 2. The summed E-state index contributed by atoms with van der Waals surface area (Å²) in [4.78, 5) is 18.7. The van der Waals surface area contributed by atoms with Crippen molar-refractivity contribution in [2.75, 3.05) is 32.7 Å². The summed E-state index contributed by atoms with van der Waals surface area (Å²) in [5.74, 6) is 0. The molecule has 4 nitrogen and oxygen atoms in total. The number of aromatic nitrogens is 1. The zero-order chi connectivity index (χ0) is 20.3. The third-order valence-electron chi connectivity index (χ3n) is 7.56. The Morgan fingerprint density at radius 3 is 2.03 bits per heavy atom. The Labute approximate surface area is 180 Å². The van der Waals surface area contributed by atoms with Gasteiger partial charge in [0.05, 0.1) is 5.52 Å². The van der Waals surface area contributed by atoms with Crippen LogP contribution in [0.4, 0.5) is 0 Å². The highest BCUT2D eigenvalue weighted by Gasteiger charge is 2.19. The Morgan fingerprint density at radius 1 is 0.667 bits per heavy atom. The van der Waals surface area contributed by atoms with Gasteiger partial charge in [0.2, 0.25) is 0 Å². The van der Waals surface area contributed by atoms with Crippen molar-refractivity contribution in [2.24, 2.45) is 0 Å². The minimum atomic E-state index is 0.252. The molecule has 1 aliphatic carbocycles. The first-order valence-corrected chi connectivity index (χ1v) is 12.4. The Kier molecular flexibility index (Phi) is 6.24. The van der Waals surface area contributed by atoms with Gasteiger partial charge in [-0.3, -0.25) is 9.69 Å². The van der Waals surface area contributed by atoms with Gasteiger partial charge in [-0.2, -0.15) is 0 Å². The summed E-state index contributed by atoms with van der Waals surface area (Å²) in [6, 6.07) is 6.95. The monoisotopic (exact) mass is 407 g/mol. The highest BCUT2D eigenvalue weighted by molar-refractivity contribution is 5.82. The minimum Gasteiger partial charge on any atom is -0.307 e. The first-order chi connectivity index (χ1) is 14.8. The smallest absolute Gasteiger partial charge is 0.255 e. The van der Waals surface area contributed by atoms with Crippen LogP contribution in [0, 0.1) is 0 Å². The molecule has 162 valence electrons. The lowest BCUT2D eigenvalue weighted by Crippen LogP contribution is -2.36. The summed E-state index contributed by atoms with van der Waals surface area (Å²) in [6.07, 6.45) is 12.8. The number of piperidine rings is 1. The average molecular weight is 408 g/mol. The number of rotatable bonds is 5. The maximum Gasteiger partial charge on any atom is 0.255 e. The van der Waals surface area contributed by atoms with E-state index in [0.717, 1.165) is 43.8 Å². The standard InChI is InChI=1S/C26H37N3O/c30-26-24(20-28-13-4-1-2-5-14-28)18-23-17-21-9-8-10-22(21)19-25(23)29(26)16-15-27-11-6-3-7-12-27/h17-19H,1-16,20H2. The predicted molar refractivity (Wildman–Crippen MR) is 124 cm³/mol. The van der Waals surface area contributed by atoms with Crippen LogP contribution in [0.3, 0.4) is 0 Å². The first kappa shape index (κ1) is 20.3. The van der Waals surface area contributed by atoms with E-state index in [2.05, 4.69) is 32.6 Å². The SMILES string of the molecule is O=c1c(CN2CCCCCC2)cc2cc3c(cc2n1CCN1CCCCC1)CCC3. The summed E-state index contributed by atoms with van der Waals surface area (Å²) in [5.41, 5.74) is 5.39. The molecule has 0 bridgehead atoms. The van der Waals surface area contributed by atoms with Crippen LogP contribution < -0.4 is 5.56 Å². The second kappa shape index (κ2) is 9.23. The van der Waals surface area contributed by atoms with Crippen molar-refractivity contribution in [3.63, 3.8) is 0 Å². The molecule has 3 aliphatic rings. The van der Waals surface area contributed by atoms with Crippen molar-refractivity contribution >= 4 is 10.9 Å². The molecule has 0 N–H and O–H groups in total. The number of aryl methyl sites for hydroxylation is 2. The molecule has 5 rings (SSSR count). The predicted octanol–water partition coefficient (Wildman–Crippen LogP) is 4.35. The van der Waals surface area contributed by atoms with Crippen LogP contribution in [0.5, 0.6) is 0 Å². The normalized spacial score (nSPS) is 21.1. The van der Waals surface area contributed by atoms with E-state index < -0.39 is 0 Å². The van der Waals surface area contributed by atoms with Crippen molar-refractivity contribution in [2.45, 2.75) is 77.3 Å². The van der Waals surface area contributed by atoms with Gasteiger partial charge in [0.1, 0.15) is 0 Å². The molecular formula is C26H37N3O. The lowest BCUT2D eigenvalue weighted by atomic mass is 10.0. The van der Waals surface area contributed by atoms with Gasteiger partial charge >= 0.3 is 0 Å². The molecule has 0 saturated carbocycles. The molecule has 30 heavy (non-hydrogen) atoms. The summed E-state index contributed by atoms with van der Waals surface area (Å²) in [5, 5.41) is 1.28. The van der Waals surface area contributed by atoms with Crippen molar-refractivity contribution in [3.8, 4) is 0 Å². The van der Waals surface area contributed by atoms with Crippen molar-refractivity contribution in [1.82, 2.24) is 14.4 Å². The molecule has 1 aromatic carbocycles. The van der Waals surface area contributed by atoms with Crippen LogP contribution in [-0.2, 0) is 25.9 Å². The highest BCUT2D eigenvalue weighted by atomic mass is 16.1. The van der Waals surface area contributed by atoms with Gasteiger partial charge in [0, 0.05) is 25.2 Å². The molecular weight excluding hydrogens is 370 g/mol. The number of benzene rings is 1. The van der Waals surface area contributed by atoms with Crippen molar-refractivity contribution < 1.29 is 0 Å². The molecule has 0 amide bonds. The van der Waals surface area contributed by atoms with E-state index in [1.54, 1.807) is 0 Å². The second-order valence-electron chi connectivity index (χ2n) is 9.75. The van der Waals surface area contributed by atoms with Gasteiger partial charge in [0.25, 0.3) is 5.56 Å². The molecule has 2 fully saturated rings. The first-order valence-electron chi connectivity index (χ1n) is 12.4. The number of hydrogen-bond acceptors (Lipinski definition) is 3. The fourth-order valence-electron chi connectivity index (χ4n) is 5.81. The zero-order valence-electron chi connectivity index (χ0n) is 18.5. The number of likely N-dealkylation sites (tertiary alicyclic amines) is 2. The minimum absolute atomic E-state index is 0.252. The summed E-state index contributed by atoms with van der Waals surface area (Å²) in [7, 11) is 0. The van der Waals surface area contributed by atoms with Gasteiger partial charge in [-0.1, -0.05) is 19.3 Å². The van der Waals surface area contributed by atoms with E-state index in [9.17, 15) is 4.79 Å². The number of pyridine rings is 1. The van der Waals surface area contributed by atoms with E-state index in [4.69, 9.17) is 0 Å². The third-order valence-corrected chi connectivity index (χ3v) is 7.56. The Morgan fingerprint density at radius 2 is 1.30 bits per heavy atom. The highest BCUT2D eigenvalue weighted by Crippen LogP contribution is 2.28. The number of hydrogen-bond donors (Lipinski definition) is 0. The van der Waals surface area contributed by atoms with Gasteiger partial charge < -0.3 is 9.47 Å². The number of nitrogens with zero attached hydrogens (tertiary/aromatic N) is 3. The van der Waals surface area contributed by atoms with E-state index in [-0.39, 0.29) is 5.56 Å². The quantitative estimate of drug-likeness (QED) is 0.738. The van der Waals surface area contributed by atoms with Crippen molar-refractivity contribution in [1.29, 1.82) is 0 Å². The van der Waals surface area contributed by atoms with Crippen LogP contribution in [0.2, 0.25) is 0 Å². The van der Waals surface area contributed by atoms with Gasteiger partial charge in [-0.05, 0) is 106 Å². The molecule has 2 saturated heterocycles. The summed E-state index contributed by atoms with van der Waals surface area (Å²) < 4.78 is 2.12. The Balaban J connectivity index is 1.49. The topological polar surface area (TPSA) is 28.5 Å². The second-order valence-corrected chi connectivity index (χ2v) is 9.75. The van der Waals surface area contributed by atoms with E-state index in [1.165, 1.54) is 93.8 Å². The third kappa shape index (κ3) is 4.36. The summed E-state index contributed by atoms with van der Waals surface area (Å²) >= 11 is 0. The largest absolute Gasteiger partial charge is 0.307 e. The van der Waals surface area contributed by atoms with Crippen LogP contribution in [0.15, 0.2) is 23.0 Å². The maximum absolute atomic E-state index is 13.6. The molecule has 2 aromatic rings. The lowest BCUT2D eigenvalue weighted by Gasteiger charge is -2.27. The van der Waals surface area contributed by atoms with Crippen LogP contribution >= 0.6 is 0 Å². The Bertz CT molecular complexity index is 933. The molecule has 0 spiro atoms.